The summed E-state index contributed by atoms with van der Waals surface area (Å²) < 4.78 is 6.74. The van der Waals surface area contributed by atoms with Crippen molar-refractivity contribution in [3.05, 3.63) is 17.7 Å². The number of aryl methyl sites for hydroxylation is 1. The van der Waals surface area contributed by atoms with Gasteiger partial charge in [0.2, 0.25) is 0 Å². The normalized spacial score (nSPS) is 13.9. The molecular formula is C14H20N2O3. The zero-order valence-electron chi connectivity index (χ0n) is 11.4. The van der Waals surface area contributed by atoms with Gasteiger partial charge in [-0.25, -0.2) is 4.98 Å². The third kappa shape index (κ3) is 3.66. The van der Waals surface area contributed by atoms with Gasteiger partial charge in [0, 0.05) is 12.1 Å². The number of ketones is 1. The standard InChI is InChI=1S/C14H20N2O3/c1-2-19-14(18)8-7-11(17)9-16-10-15-12-5-3-4-6-13(12)16/h10H,2-9H2,1H3. The molecule has 2 rings (SSSR count). The molecule has 0 N–H and O–H groups in total. The van der Waals surface area contributed by atoms with Crippen molar-refractivity contribution in [1.82, 2.24) is 9.55 Å². The summed E-state index contributed by atoms with van der Waals surface area (Å²) in [7, 11) is 0. The van der Waals surface area contributed by atoms with E-state index in [1.807, 2.05) is 4.57 Å². The number of nitrogens with zero attached hydrogens (tertiary/aromatic N) is 2. The van der Waals surface area contributed by atoms with Crippen molar-refractivity contribution >= 4 is 11.8 Å². The summed E-state index contributed by atoms with van der Waals surface area (Å²) in [4.78, 5) is 27.4. The number of esters is 1. The summed E-state index contributed by atoms with van der Waals surface area (Å²) in [5, 5.41) is 0. The summed E-state index contributed by atoms with van der Waals surface area (Å²) in [6.45, 7) is 2.45. The number of imidazole rings is 1. The lowest BCUT2D eigenvalue weighted by Gasteiger charge is -2.13. The molecule has 1 aliphatic carbocycles. The van der Waals surface area contributed by atoms with Gasteiger partial charge in [-0.15, -0.1) is 0 Å². The minimum atomic E-state index is -0.302. The Kier molecular flexibility index (Phi) is 4.71. The van der Waals surface area contributed by atoms with E-state index in [-0.39, 0.29) is 24.6 Å². The Hall–Kier alpha value is -1.65. The highest BCUT2D eigenvalue weighted by atomic mass is 16.5. The molecule has 1 aliphatic rings. The van der Waals surface area contributed by atoms with E-state index in [4.69, 9.17) is 4.74 Å². The quantitative estimate of drug-likeness (QED) is 0.733. The predicted molar refractivity (Wildman–Crippen MR) is 69.7 cm³/mol. The van der Waals surface area contributed by atoms with Crippen LogP contribution >= 0.6 is 0 Å². The van der Waals surface area contributed by atoms with Crippen LogP contribution in [0.1, 0.15) is 44.0 Å². The second-order valence-electron chi connectivity index (χ2n) is 4.82. The maximum absolute atomic E-state index is 11.8. The molecule has 1 heterocycles. The van der Waals surface area contributed by atoms with E-state index in [1.165, 1.54) is 12.1 Å². The highest BCUT2D eigenvalue weighted by molar-refractivity contribution is 5.82. The molecule has 0 saturated carbocycles. The molecule has 0 aliphatic heterocycles. The molecule has 1 aromatic rings. The van der Waals surface area contributed by atoms with Crippen LogP contribution in [0.15, 0.2) is 6.33 Å². The molecule has 1 aromatic heterocycles. The minimum absolute atomic E-state index is 0.0545. The zero-order valence-corrected chi connectivity index (χ0v) is 11.4. The number of hydrogen-bond acceptors (Lipinski definition) is 4. The number of carbonyl (C=O) groups is 2. The highest BCUT2D eigenvalue weighted by Gasteiger charge is 2.17. The van der Waals surface area contributed by atoms with Gasteiger partial charge in [-0.3, -0.25) is 9.59 Å². The topological polar surface area (TPSA) is 61.2 Å². The van der Waals surface area contributed by atoms with Gasteiger partial charge >= 0.3 is 5.97 Å². The molecule has 5 nitrogen and oxygen atoms in total. The smallest absolute Gasteiger partial charge is 0.306 e. The molecule has 0 amide bonds. The first kappa shape index (κ1) is 13.8. The van der Waals surface area contributed by atoms with Crippen LogP contribution in [0.5, 0.6) is 0 Å². The largest absolute Gasteiger partial charge is 0.466 e. The van der Waals surface area contributed by atoms with Crippen molar-refractivity contribution in [1.29, 1.82) is 0 Å². The van der Waals surface area contributed by atoms with E-state index < -0.39 is 0 Å². The van der Waals surface area contributed by atoms with Crippen LogP contribution in [0.4, 0.5) is 0 Å². The fourth-order valence-corrected chi connectivity index (χ4v) is 2.41. The van der Waals surface area contributed by atoms with Crippen LogP contribution < -0.4 is 0 Å². The first-order valence-corrected chi connectivity index (χ1v) is 6.91. The zero-order chi connectivity index (χ0) is 13.7. The van der Waals surface area contributed by atoms with Crippen molar-refractivity contribution in [2.24, 2.45) is 0 Å². The molecule has 104 valence electrons. The van der Waals surface area contributed by atoms with Gasteiger partial charge in [-0.05, 0) is 32.6 Å². The maximum Gasteiger partial charge on any atom is 0.306 e. The lowest BCUT2D eigenvalue weighted by atomic mass is 10.0. The lowest BCUT2D eigenvalue weighted by molar-refractivity contribution is -0.144. The van der Waals surface area contributed by atoms with Crippen molar-refractivity contribution < 1.29 is 14.3 Å². The Labute approximate surface area is 113 Å². The Morgan fingerprint density at radius 3 is 2.89 bits per heavy atom. The number of rotatable bonds is 6. The molecule has 0 spiro atoms. The average Bonchev–Trinajstić information content (AvgIpc) is 2.80. The molecule has 0 unspecified atom stereocenters. The van der Waals surface area contributed by atoms with Gasteiger partial charge in [-0.1, -0.05) is 0 Å². The van der Waals surface area contributed by atoms with Gasteiger partial charge in [-0.2, -0.15) is 0 Å². The van der Waals surface area contributed by atoms with E-state index in [9.17, 15) is 9.59 Å². The molecule has 0 bridgehead atoms. The summed E-state index contributed by atoms with van der Waals surface area (Å²) in [5.41, 5.74) is 2.32. The minimum Gasteiger partial charge on any atom is -0.466 e. The molecule has 5 heteroatoms. The van der Waals surface area contributed by atoms with Crippen LogP contribution in [-0.4, -0.2) is 27.9 Å². The number of aromatic nitrogens is 2. The van der Waals surface area contributed by atoms with E-state index >= 15 is 0 Å². The van der Waals surface area contributed by atoms with E-state index in [1.54, 1.807) is 13.3 Å². The Morgan fingerprint density at radius 1 is 1.32 bits per heavy atom. The van der Waals surface area contributed by atoms with Crippen LogP contribution in [-0.2, 0) is 33.7 Å². The van der Waals surface area contributed by atoms with Crippen molar-refractivity contribution in [3.8, 4) is 0 Å². The van der Waals surface area contributed by atoms with Crippen LogP contribution in [0, 0.1) is 0 Å². The van der Waals surface area contributed by atoms with Crippen molar-refractivity contribution in [2.75, 3.05) is 6.61 Å². The SMILES string of the molecule is CCOC(=O)CCC(=O)Cn1cnc2c1CCCC2. The lowest BCUT2D eigenvalue weighted by Crippen LogP contribution is -2.15. The summed E-state index contributed by atoms with van der Waals surface area (Å²) >= 11 is 0. The second-order valence-corrected chi connectivity index (χ2v) is 4.82. The fraction of sp³-hybridized carbons (Fsp3) is 0.643. The van der Waals surface area contributed by atoms with Crippen LogP contribution in [0.2, 0.25) is 0 Å². The third-order valence-electron chi connectivity index (χ3n) is 3.37. The predicted octanol–water partition coefficient (Wildman–Crippen LogP) is 1.67. The average molecular weight is 264 g/mol. The second kappa shape index (κ2) is 6.50. The summed E-state index contributed by atoms with van der Waals surface area (Å²) in [6.07, 6.45) is 6.52. The Balaban J connectivity index is 1.85. The summed E-state index contributed by atoms with van der Waals surface area (Å²) in [5.74, 6) is -0.248. The van der Waals surface area contributed by atoms with Crippen molar-refractivity contribution in [2.45, 2.75) is 52.0 Å². The Bertz CT molecular complexity index is 465. The van der Waals surface area contributed by atoms with Crippen LogP contribution in [0.3, 0.4) is 0 Å². The number of carbonyl (C=O) groups excluding carboxylic acids is 2. The van der Waals surface area contributed by atoms with E-state index in [2.05, 4.69) is 4.98 Å². The monoisotopic (exact) mass is 264 g/mol. The van der Waals surface area contributed by atoms with Gasteiger partial charge in [0.1, 0.15) is 0 Å². The molecule has 0 saturated heterocycles. The molecule has 0 fully saturated rings. The third-order valence-corrected chi connectivity index (χ3v) is 3.37. The molecule has 19 heavy (non-hydrogen) atoms. The molecule has 0 radical (unpaired) electrons. The Morgan fingerprint density at radius 2 is 2.11 bits per heavy atom. The number of Topliss-reactive ketones (excluding diaryl/α,β-unsaturated/α-hetero) is 1. The molecular weight excluding hydrogens is 244 g/mol. The van der Waals surface area contributed by atoms with E-state index in [0.717, 1.165) is 25.0 Å². The highest BCUT2D eigenvalue weighted by Crippen LogP contribution is 2.19. The van der Waals surface area contributed by atoms with Gasteiger partial charge in [0.25, 0.3) is 0 Å². The van der Waals surface area contributed by atoms with E-state index in [0.29, 0.717) is 13.2 Å². The molecule has 0 atom stereocenters. The fourth-order valence-electron chi connectivity index (χ4n) is 2.41. The number of hydrogen-bond donors (Lipinski definition) is 0. The first-order valence-electron chi connectivity index (χ1n) is 6.91. The number of fused-ring (bicyclic) bond motifs is 1. The van der Waals surface area contributed by atoms with Gasteiger partial charge < -0.3 is 9.30 Å². The van der Waals surface area contributed by atoms with Crippen LogP contribution in [0.25, 0.3) is 0 Å². The summed E-state index contributed by atoms with van der Waals surface area (Å²) in [6, 6.07) is 0. The molecule has 0 aromatic carbocycles. The van der Waals surface area contributed by atoms with Gasteiger partial charge in [0.05, 0.1) is 31.6 Å². The van der Waals surface area contributed by atoms with Gasteiger partial charge in [0.15, 0.2) is 5.78 Å². The maximum atomic E-state index is 11.8. The van der Waals surface area contributed by atoms with Crippen molar-refractivity contribution in [3.63, 3.8) is 0 Å². The first-order chi connectivity index (χ1) is 9.20. The number of ether oxygens (including phenoxy) is 1.